The van der Waals surface area contributed by atoms with Gasteiger partial charge in [0.1, 0.15) is 0 Å². The summed E-state index contributed by atoms with van der Waals surface area (Å²) in [5, 5.41) is 20.7. The van der Waals surface area contributed by atoms with E-state index in [1.54, 1.807) is 17.2 Å². The number of benzene rings is 2. The second-order valence-electron chi connectivity index (χ2n) is 8.69. The number of nitrogens with zero attached hydrogens (tertiary/aromatic N) is 7. The summed E-state index contributed by atoms with van der Waals surface area (Å²) in [5.41, 5.74) is 1.86. The molecule has 1 aliphatic heterocycles. The number of hydrogen-bond acceptors (Lipinski definition) is 8. The third-order valence-corrected chi connectivity index (χ3v) is 6.47. The van der Waals surface area contributed by atoms with Crippen LogP contribution in [0, 0.1) is 10.1 Å². The Morgan fingerprint density at radius 3 is 2.58 bits per heavy atom. The molecule has 180 valence electrons. The lowest BCUT2D eigenvalue weighted by molar-refractivity contribution is -0.384. The van der Waals surface area contributed by atoms with Gasteiger partial charge in [0, 0.05) is 48.8 Å². The summed E-state index contributed by atoms with van der Waals surface area (Å²) in [5.74, 6) is 1.66. The van der Waals surface area contributed by atoms with E-state index in [0.29, 0.717) is 48.4 Å². The number of anilines is 1. The molecule has 1 fully saturated rings. The Bertz CT molecular complexity index is 1590. The molecule has 0 N–H and O–H groups in total. The highest BCUT2D eigenvalue weighted by molar-refractivity contribution is 5.95. The van der Waals surface area contributed by atoms with Crippen LogP contribution < -0.4 is 4.90 Å². The van der Waals surface area contributed by atoms with E-state index in [0.717, 1.165) is 10.9 Å². The van der Waals surface area contributed by atoms with Crippen LogP contribution in [0.3, 0.4) is 0 Å². The minimum absolute atomic E-state index is 0.0443. The molecule has 0 spiro atoms. The fourth-order valence-electron chi connectivity index (χ4n) is 4.68. The zero-order chi connectivity index (χ0) is 24.8. The fraction of sp³-hybridized carbons (Fsp3) is 0.200. The predicted octanol–water partition coefficient (Wildman–Crippen LogP) is 3.80. The van der Waals surface area contributed by atoms with Crippen molar-refractivity contribution in [2.75, 3.05) is 24.5 Å². The zero-order valence-corrected chi connectivity index (χ0v) is 19.3. The normalized spacial score (nSPS) is 16.1. The molecule has 1 amide bonds. The number of nitro groups is 1. The van der Waals surface area contributed by atoms with Crippen molar-refractivity contribution in [3.05, 3.63) is 82.6 Å². The maximum absolute atomic E-state index is 13.2. The van der Waals surface area contributed by atoms with Crippen LogP contribution in [0.4, 0.5) is 11.6 Å². The summed E-state index contributed by atoms with van der Waals surface area (Å²) < 4.78 is 7.52. The number of hydrogen-bond donors (Lipinski definition) is 0. The number of non-ortho nitro benzene ring substituents is 1. The standard InChI is InChI=1S/C25H21N7O4/c1-16-15-29(12-13-30(16)24(33)17-8-10-18(11-9-17)32(34)35)25-26-20-6-3-2-5-19(20)22-27-28-23(31(22)25)21-7-4-14-36-21/h2-11,14,16H,12-13,15H2,1H3/t16-/m1/s1. The van der Waals surface area contributed by atoms with E-state index in [4.69, 9.17) is 9.40 Å². The van der Waals surface area contributed by atoms with Gasteiger partial charge < -0.3 is 14.2 Å². The van der Waals surface area contributed by atoms with Crippen molar-refractivity contribution in [2.24, 2.45) is 0 Å². The number of aromatic nitrogens is 4. The lowest BCUT2D eigenvalue weighted by atomic mass is 10.1. The van der Waals surface area contributed by atoms with Gasteiger partial charge in [0.25, 0.3) is 11.6 Å². The molecule has 5 aromatic rings. The minimum atomic E-state index is -0.477. The van der Waals surface area contributed by atoms with Crippen LogP contribution in [0.1, 0.15) is 17.3 Å². The summed E-state index contributed by atoms with van der Waals surface area (Å²) in [6, 6.07) is 17.0. The van der Waals surface area contributed by atoms with Gasteiger partial charge >= 0.3 is 0 Å². The Morgan fingerprint density at radius 1 is 1.06 bits per heavy atom. The maximum Gasteiger partial charge on any atom is 0.269 e. The Kier molecular flexibility index (Phi) is 5.10. The highest BCUT2D eigenvalue weighted by Crippen LogP contribution is 2.30. The molecule has 0 radical (unpaired) electrons. The number of amides is 1. The van der Waals surface area contributed by atoms with Crippen molar-refractivity contribution in [1.82, 2.24) is 24.5 Å². The highest BCUT2D eigenvalue weighted by Gasteiger charge is 2.31. The molecule has 3 aromatic heterocycles. The molecular weight excluding hydrogens is 462 g/mol. The van der Waals surface area contributed by atoms with Crippen LogP contribution in [0.5, 0.6) is 0 Å². The molecule has 0 unspecified atom stereocenters. The molecule has 36 heavy (non-hydrogen) atoms. The van der Waals surface area contributed by atoms with Gasteiger partial charge in [0.15, 0.2) is 11.4 Å². The van der Waals surface area contributed by atoms with Crippen molar-refractivity contribution < 1.29 is 14.1 Å². The van der Waals surface area contributed by atoms with Crippen LogP contribution in [-0.2, 0) is 0 Å². The highest BCUT2D eigenvalue weighted by atomic mass is 16.6. The van der Waals surface area contributed by atoms with Gasteiger partial charge in [-0.2, -0.15) is 0 Å². The Balaban J connectivity index is 1.35. The number of para-hydroxylation sites is 1. The van der Waals surface area contributed by atoms with Gasteiger partial charge in [0.05, 0.1) is 16.7 Å². The summed E-state index contributed by atoms with van der Waals surface area (Å²) in [6.45, 7) is 3.52. The molecule has 1 saturated heterocycles. The van der Waals surface area contributed by atoms with E-state index in [1.807, 2.05) is 41.7 Å². The topological polar surface area (TPSA) is 123 Å². The van der Waals surface area contributed by atoms with Crippen molar-refractivity contribution in [1.29, 1.82) is 0 Å². The van der Waals surface area contributed by atoms with E-state index in [2.05, 4.69) is 15.1 Å². The quantitative estimate of drug-likeness (QED) is 0.279. The second-order valence-corrected chi connectivity index (χ2v) is 8.69. The molecule has 4 heterocycles. The van der Waals surface area contributed by atoms with Crippen molar-refractivity contribution >= 4 is 34.1 Å². The third kappa shape index (κ3) is 3.52. The van der Waals surface area contributed by atoms with Crippen LogP contribution in [0.25, 0.3) is 28.1 Å². The van der Waals surface area contributed by atoms with Crippen LogP contribution in [0.15, 0.2) is 71.3 Å². The largest absolute Gasteiger partial charge is 0.461 e. The Labute approximate surface area is 204 Å². The monoisotopic (exact) mass is 483 g/mol. The average molecular weight is 483 g/mol. The molecule has 11 heteroatoms. The summed E-state index contributed by atoms with van der Waals surface area (Å²) in [4.78, 5) is 32.5. The fourth-order valence-corrected chi connectivity index (χ4v) is 4.68. The summed E-state index contributed by atoms with van der Waals surface area (Å²) >= 11 is 0. The van der Waals surface area contributed by atoms with Crippen LogP contribution >= 0.6 is 0 Å². The molecule has 0 bridgehead atoms. The van der Waals surface area contributed by atoms with E-state index >= 15 is 0 Å². The molecular formula is C25H21N7O4. The van der Waals surface area contributed by atoms with Crippen molar-refractivity contribution in [2.45, 2.75) is 13.0 Å². The SMILES string of the molecule is C[C@@H]1CN(c2nc3ccccc3c3nnc(-c4ccco4)n23)CCN1C(=O)c1ccc([N+](=O)[O-])cc1. The van der Waals surface area contributed by atoms with Gasteiger partial charge in [-0.1, -0.05) is 12.1 Å². The summed E-state index contributed by atoms with van der Waals surface area (Å²) in [7, 11) is 0. The third-order valence-electron chi connectivity index (χ3n) is 6.47. The minimum Gasteiger partial charge on any atom is -0.461 e. The molecule has 11 nitrogen and oxygen atoms in total. The van der Waals surface area contributed by atoms with Crippen LogP contribution in [-0.4, -0.2) is 61.0 Å². The van der Waals surface area contributed by atoms with Crippen molar-refractivity contribution in [3.8, 4) is 11.6 Å². The smallest absolute Gasteiger partial charge is 0.269 e. The van der Waals surface area contributed by atoms with Gasteiger partial charge in [0.2, 0.25) is 11.8 Å². The van der Waals surface area contributed by atoms with E-state index in [9.17, 15) is 14.9 Å². The Morgan fingerprint density at radius 2 is 1.86 bits per heavy atom. The number of nitro benzene ring substituents is 1. The van der Waals surface area contributed by atoms with Crippen molar-refractivity contribution in [3.63, 3.8) is 0 Å². The number of carbonyl (C=O) groups excluding carboxylic acids is 1. The maximum atomic E-state index is 13.2. The zero-order valence-electron chi connectivity index (χ0n) is 19.3. The first-order valence-corrected chi connectivity index (χ1v) is 11.5. The second kappa shape index (κ2) is 8.45. The number of rotatable bonds is 4. The number of fused-ring (bicyclic) bond motifs is 3. The number of piperazine rings is 1. The van der Waals surface area contributed by atoms with Gasteiger partial charge in [-0.25, -0.2) is 9.38 Å². The van der Waals surface area contributed by atoms with E-state index in [-0.39, 0.29) is 17.6 Å². The molecule has 6 rings (SSSR count). The van der Waals surface area contributed by atoms with Gasteiger partial charge in [-0.3, -0.25) is 14.9 Å². The van der Waals surface area contributed by atoms with Crippen LogP contribution in [0.2, 0.25) is 0 Å². The summed E-state index contributed by atoms with van der Waals surface area (Å²) in [6.07, 6.45) is 1.59. The number of furan rings is 1. The average Bonchev–Trinajstić information content (AvgIpc) is 3.58. The molecule has 2 aromatic carbocycles. The Hall–Kier alpha value is -4.80. The molecule has 1 aliphatic rings. The van der Waals surface area contributed by atoms with Gasteiger partial charge in [-0.05, 0) is 43.3 Å². The van der Waals surface area contributed by atoms with Gasteiger partial charge in [-0.15, -0.1) is 10.2 Å². The van der Waals surface area contributed by atoms with E-state index < -0.39 is 4.92 Å². The van der Waals surface area contributed by atoms with E-state index in [1.165, 1.54) is 24.3 Å². The predicted molar refractivity (Wildman–Crippen MR) is 132 cm³/mol. The first-order valence-electron chi connectivity index (χ1n) is 11.5. The number of carbonyl (C=O) groups is 1. The lowest BCUT2D eigenvalue weighted by Crippen LogP contribution is -2.54. The lowest BCUT2D eigenvalue weighted by Gasteiger charge is -2.40. The molecule has 0 aliphatic carbocycles. The first kappa shape index (κ1) is 21.7. The molecule has 1 atom stereocenters. The molecule has 0 saturated carbocycles. The first-order chi connectivity index (χ1) is 17.5.